The van der Waals surface area contributed by atoms with Crippen LogP contribution in [0.2, 0.25) is 0 Å². The molecule has 21 heavy (non-hydrogen) atoms. The first kappa shape index (κ1) is 13.9. The Kier molecular flexibility index (Phi) is 3.36. The molecule has 1 fully saturated rings. The van der Waals surface area contributed by atoms with Crippen LogP contribution in [0.25, 0.3) is 10.8 Å². The molecule has 0 atom stereocenters. The molecule has 7 heteroatoms. The average Bonchev–Trinajstić information content (AvgIpc) is 3.10. The van der Waals surface area contributed by atoms with Crippen LogP contribution >= 0.6 is 0 Å². The SMILES string of the molecule is O=C(O)n1cc2ccc(OCS(=O)(=O)CC3CC3)cc2c1. The van der Waals surface area contributed by atoms with E-state index in [-0.39, 0.29) is 11.7 Å². The highest BCUT2D eigenvalue weighted by atomic mass is 32.2. The van der Waals surface area contributed by atoms with Gasteiger partial charge in [0.15, 0.2) is 15.8 Å². The van der Waals surface area contributed by atoms with E-state index in [1.54, 1.807) is 18.2 Å². The van der Waals surface area contributed by atoms with Crippen LogP contribution in [0.15, 0.2) is 30.6 Å². The minimum atomic E-state index is -3.20. The first-order valence-electron chi connectivity index (χ1n) is 6.61. The molecule has 0 saturated heterocycles. The molecule has 3 rings (SSSR count). The van der Waals surface area contributed by atoms with Crippen molar-refractivity contribution in [2.45, 2.75) is 12.8 Å². The van der Waals surface area contributed by atoms with Crippen LogP contribution in [0.5, 0.6) is 5.75 Å². The molecule has 2 aromatic rings. The number of carbonyl (C=O) groups is 1. The molecule has 0 unspecified atom stereocenters. The standard InChI is InChI=1S/C14H15NO5S/c16-14(17)15-6-11-3-4-13(5-12(11)7-15)20-9-21(18,19)8-10-1-2-10/h3-7,10H,1-2,8-9H2,(H,16,17). The van der Waals surface area contributed by atoms with Crippen LogP contribution < -0.4 is 4.74 Å². The van der Waals surface area contributed by atoms with Gasteiger partial charge in [0.1, 0.15) is 5.75 Å². The van der Waals surface area contributed by atoms with Gasteiger partial charge in [-0.05, 0) is 37.0 Å². The van der Waals surface area contributed by atoms with Gasteiger partial charge in [0.05, 0.1) is 5.75 Å². The zero-order chi connectivity index (χ0) is 15.0. The lowest BCUT2D eigenvalue weighted by Crippen LogP contribution is -2.16. The first-order valence-corrected chi connectivity index (χ1v) is 8.43. The maximum atomic E-state index is 11.8. The van der Waals surface area contributed by atoms with Gasteiger partial charge in [-0.2, -0.15) is 0 Å². The highest BCUT2D eigenvalue weighted by molar-refractivity contribution is 7.91. The molecule has 1 saturated carbocycles. The Labute approximate surface area is 121 Å². The second-order valence-electron chi connectivity index (χ2n) is 5.35. The summed E-state index contributed by atoms with van der Waals surface area (Å²) in [6.07, 6.45) is 3.84. The number of carboxylic acid groups (broad SMARTS) is 1. The number of hydrogen-bond donors (Lipinski definition) is 1. The van der Waals surface area contributed by atoms with Crippen molar-refractivity contribution >= 4 is 26.7 Å². The Morgan fingerprint density at radius 2 is 2.00 bits per heavy atom. The van der Waals surface area contributed by atoms with Crippen molar-refractivity contribution in [3.05, 3.63) is 30.6 Å². The van der Waals surface area contributed by atoms with Crippen LogP contribution in [0.3, 0.4) is 0 Å². The summed E-state index contributed by atoms with van der Waals surface area (Å²) >= 11 is 0. The van der Waals surface area contributed by atoms with Crippen molar-refractivity contribution in [2.24, 2.45) is 5.92 Å². The third-order valence-electron chi connectivity index (χ3n) is 3.43. The lowest BCUT2D eigenvalue weighted by Gasteiger charge is -2.07. The van der Waals surface area contributed by atoms with E-state index in [9.17, 15) is 13.2 Å². The molecule has 1 aromatic heterocycles. The summed E-state index contributed by atoms with van der Waals surface area (Å²) in [6, 6.07) is 4.99. The Morgan fingerprint density at radius 3 is 2.67 bits per heavy atom. The fourth-order valence-corrected chi connectivity index (χ4v) is 3.63. The van der Waals surface area contributed by atoms with Crippen molar-refractivity contribution in [2.75, 3.05) is 11.7 Å². The Hall–Kier alpha value is -2.02. The van der Waals surface area contributed by atoms with E-state index in [0.29, 0.717) is 17.1 Å². The average molecular weight is 309 g/mol. The molecule has 0 amide bonds. The Morgan fingerprint density at radius 1 is 1.29 bits per heavy atom. The summed E-state index contributed by atoms with van der Waals surface area (Å²) in [4.78, 5) is 10.9. The molecule has 6 nitrogen and oxygen atoms in total. The highest BCUT2D eigenvalue weighted by Gasteiger charge is 2.28. The van der Waals surface area contributed by atoms with E-state index in [1.165, 1.54) is 12.4 Å². The van der Waals surface area contributed by atoms with E-state index in [0.717, 1.165) is 22.8 Å². The highest BCUT2D eigenvalue weighted by Crippen LogP contribution is 2.30. The van der Waals surface area contributed by atoms with Gasteiger partial charge >= 0.3 is 6.09 Å². The molecule has 1 aliphatic rings. The van der Waals surface area contributed by atoms with Gasteiger partial charge in [0.25, 0.3) is 0 Å². The van der Waals surface area contributed by atoms with Gasteiger partial charge in [-0.3, -0.25) is 4.57 Å². The van der Waals surface area contributed by atoms with Gasteiger partial charge in [0.2, 0.25) is 0 Å². The van der Waals surface area contributed by atoms with E-state index in [2.05, 4.69) is 0 Å². The summed E-state index contributed by atoms with van der Waals surface area (Å²) in [5.74, 6) is 0.565. The molecule has 0 radical (unpaired) electrons. The Balaban J connectivity index is 1.73. The van der Waals surface area contributed by atoms with Crippen molar-refractivity contribution in [3.8, 4) is 5.75 Å². The molecule has 0 bridgehead atoms. The predicted octanol–water partition coefficient (Wildman–Crippen LogP) is 2.33. The van der Waals surface area contributed by atoms with Gasteiger partial charge in [-0.15, -0.1) is 0 Å². The van der Waals surface area contributed by atoms with Gasteiger partial charge in [-0.1, -0.05) is 0 Å². The largest absolute Gasteiger partial charge is 0.478 e. The molecule has 1 N–H and O–H groups in total. The number of aromatic nitrogens is 1. The minimum absolute atomic E-state index is 0.185. The molecule has 112 valence electrons. The lowest BCUT2D eigenvalue weighted by molar-refractivity contribution is 0.196. The molecule has 0 spiro atoms. The molecular weight excluding hydrogens is 294 g/mol. The smallest absolute Gasteiger partial charge is 0.415 e. The fourth-order valence-electron chi connectivity index (χ4n) is 2.17. The van der Waals surface area contributed by atoms with Crippen LogP contribution in [-0.2, 0) is 9.84 Å². The van der Waals surface area contributed by atoms with Crippen LogP contribution in [0.1, 0.15) is 12.8 Å². The quantitative estimate of drug-likeness (QED) is 0.916. The number of hydrogen-bond acceptors (Lipinski definition) is 4. The topological polar surface area (TPSA) is 85.6 Å². The maximum absolute atomic E-state index is 11.8. The summed E-state index contributed by atoms with van der Waals surface area (Å²) in [5.41, 5.74) is 0. The summed E-state index contributed by atoms with van der Waals surface area (Å²) < 4.78 is 30.0. The maximum Gasteiger partial charge on any atom is 0.415 e. The summed E-state index contributed by atoms with van der Waals surface area (Å²) in [7, 11) is -3.20. The van der Waals surface area contributed by atoms with Crippen LogP contribution in [0.4, 0.5) is 4.79 Å². The number of benzene rings is 1. The van der Waals surface area contributed by atoms with Crippen molar-refractivity contribution in [1.29, 1.82) is 0 Å². The summed E-state index contributed by atoms with van der Waals surface area (Å²) in [6.45, 7) is 0. The lowest BCUT2D eigenvalue weighted by atomic mass is 10.2. The van der Waals surface area contributed by atoms with Crippen molar-refractivity contribution in [1.82, 2.24) is 4.57 Å². The number of rotatable bonds is 5. The van der Waals surface area contributed by atoms with E-state index in [4.69, 9.17) is 9.84 Å². The predicted molar refractivity (Wildman–Crippen MR) is 77.4 cm³/mol. The molecule has 1 aromatic carbocycles. The van der Waals surface area contributed by atoms with Crippen LogP contribution in [0, 0.1) is 5.92 Å². The molecular formula is C14H15NO5S. The zero-order valence-electron chi connectivity index (χ0n) is 11.2. The second kappa shape index (κ2) is 5.07. The molecule has 1 heterocycles. The number of ether oxygens (including phenoxy) is 1. The van der Waals surface area contributed by atoms with Gasteiger partial charge < -0.3 is 9.84 Å². The third-order valence-corrected chi connectivity index (χ3v) is 4.88. The minimum Gasteiger partial charge on any atom is -0.478 e. The fraction of sp³-hybridized carbons (Fsp3) is 0.357. The van der Waals surface area contributed by atoms with E-state index >= 15 is 0 Å². The van der Waals surface area contributed by atoms with Crippen LogP contribution in [-0.4, -0.2) is 35.9 Å². The number of fused-ring (bicyclic) bond motifs is 1. The Bertz CT molecular complexity index is 789. The monoisotopic (exact) mass is 309 g/mol. The summed E-state index contributed by atoms with van der Waals surface area (Å²) in [5, 5.41) is 10.4. The normalized spacial score (nSPS) is 15.2. The van der Waals surface area contributed by atoms with Crippen molar-refractivity contribution in [3.63, 3.8) is 0 Å². The second-order valence-corrected chi connectivity index (χ2v) is 7.41. The molecule has 1 aliphatic carbocycles. The van der Waals surface area contributed by atoms with E-state index in [1.807, 2.05) is 0 Å². The number of nitrogens with zero attached hydrogens (tertiary/aromatic N) is 1. The molecule has 0 aliphatic heterocycles. The number of sulfone groups is 1. The van der Waals surface area contributed by atoms with Crippen molar-refractivity contribution < 1.29 is 23.1 Å². The van der Waals surface area contributed by atoms with Gasteiger partial charge in [0, 0.05) is 23.2 Å². The van der Waals surface area contributed by atoms with E-state index < -0.39 is 15.9 Å². The zero-order valence-corrected chi connectivity index (χ0v) is 12.0. The first-order chi connectivity index (χ1) is 9.93. The van der Waals surface area contributed by atoms with Gasteiger partial charge in [-0.25, -0.2) is 13.2 Å². The third kappa shape index (κ3) is 3.36.